The SMILES string of the molecule is O=C1C=CC(OCc2ccccc2)N1. The molecule has 0 fully saturated rings. The third-order valence-corrected chi connectivity index (χ3v) is 1.98. The normalized spacial score (nSPS) is 19.7. The van der Waals surface area contributed by atoms with E-state index >= 15 is 0 Å². The first-order valence-electron chi connectivity index (χ1n) is 4.49. The van der Waals surface area contributed by atoms with Crippen LogP contribution < -0.4 is 5.32 Å². The zero-order valence-electron chi connectivity index (χ0n) is 7.64. The van der Waals surface area contributed by atoms with Crippen LogP contribution >= 0.6 is 0 Å². The molecule has 0 saturated carbocycles. The monoisotopic (exact) mass is 189 g/mol. The molecule has 14 heavy (non-hydrogen) atoms. The lowest BCUT2D eigenvalue weighted by atomic mass is 10.2. The lowest BCUT2D eigenvalue weighted by molar-refractivity contribution is -0.118. The highest BCUT2D eigenvalue weighted by molar-refractivity contribution is 5.90. The number of nitrogens with one attached hydrogen (secondary N) is 1. The number of carbonyl (C=O) groups excluding carboxylic acids is 1. The van der Waals surface area contributed by atoms with Gasteiger partial charge < -0.3 is 10.1 Å². The second-order valence-electron chi connectivity index (χ2n) is 3.08. The standard InChI is InChI=1S/C11H11NO2/c13-10-6-7-11(12-10)14-8-9-4-2-1-3-5-9/h1-7,11H,8H2,(H,12,13). The molecule has 1 amide bonds. The molecule has 1 aliphatic rings. The molecule has 0 radical (unpaired) electrons. The zero-order chi connectivity index (χ0) is 9.80. The molecule has 2 rings (SSSR count). The minimum Gasteiger partial charge on any atom is -0.350 e. The molecular formula is C11H11NO2. The number of ether oxygens (including phenoxy) is 1. The molecule has 0 spiro atoms. The van der Waals surface area contributed by atoms with Crippen LogP contribution in [-0.2, 0) is 16.1 Å². The summed E-state index contributed by atoms with van der Waals surface area (Å²) in [6.45, 7) is 0.510. The summed E-state index contributed by atoms with van der Waals surface area (Å²) in [5.74, 6) is -0.0944. The molecule has 3 nitrogen and oxygen atoms in total. The van der Waals surface area contributed by atoms with Crippen molar-refractivity contribution in [3.8, 4) is 0 Å². The molecule has 0 aromatic heterocycles. The van der Waals surface area contributed by atoms with Gasteiger partial charge in [-0.25, -0.2) is 0 Å². The average molecular weight is 189 g/mol. The Balaban J connectivity index is 1.84. The van der Waals surface area contributed by atoms with Crippen molar-refractivity contribution in [1.29, 1.82) is 0 Å². The van der Waals surface area contributed by atoms with Gasteiger partial charge in [0.1, 0.15) is 6.23 Å². The van der Waals surface area contributed by atoms with Crippen molar-refractivity contribution in [2.24, 2.45) is 0 Å². The van der Waals surface area contributed by atoms with Crippen LogP contribution in [0.15, 0.2) is 42.5 Å². The smallest absolute Gasteiger partial charge is 0.246 e. The highest BCUT2D eigenvalue weighted by atomic mass is 16.5. The summed E-state index contributed by atoms with van der Waals surface area (Å²) in [4.78, 5) is 10.8. The highest BCUT2D eigenvalue weighted by Crippen LogP contribution is 2.05. The Morgan fingerprint density at radius 1 is 1.29 bits per heavy atom. The summed E-state index contributed by atoms with van der Waals surface area (Å²) in [5, 5.41) is 2.65. The number of amides is 1. The van der Waals surface area contributed by atoms with E-state index in [1.807, 2.05) is 30.3 Å². The van der Waals surface area contributed by atoms with Crippen LogP contribution in [0.1, 0.15) is 5.56 Å². The van der Waals surface area contributed by atoms with Gasteiger partial charge in [-0.2, -0.15) is 0 Å². The largest absolute Gasteiger partial charge is 0.350 e. The molecule has 72 valence electrons. The molecule has 0 aliphatic carbocycles. The summed E-state index contributed by atoms with van der Waals surface area (Å²) in [7, 11) is 0. The fraction of sp³-hybridized carbons (Fsp3) is 0.182. The van der Waals surface area contributed by atoms with E-state index in [0.717, 1.165) is 5.56 Å². The van der Waals surface area contributed by atoms with Gasteiger partial charge >= 0.3 is 0 Å². The second-order valence-corrected chi connectivity index (χ2v) is 3.08. The number of hydrogen-bond donors (Lipinski definition) is 1. The molecule has 1 aromatic rings. The molecule has 1 N–H and O–H groups in total. The van der Waals surface area contributed by atoms with E-state index in [-0.39, 0.29) is 12.1 Å². The second kappa shape index (κ2) is 4.07. The Hall–Kier alpha value is -1.61. The predicted octanol–water partition coefficient (Wildman–Crippen LogP) is 1.22. The van der Waals surface area contributed by atoms with Gasteiger partial charge in [0, 0.05) is 6.08 Å². The third kappa shape index (κ3) is 2.20. The van der Waals surface area contributed by atoms with Gasteiger partial charge in [0.15, 0.2) is 0 Å². The Morgan fingerprint density at radius 2 is 2.07 bits per heavy atom. The fourth-order valence-electron chi connectivity index (χ4n) is 1.27. The lowest BCUT2D eigenvalue weighted by Gasteiger charge is -2.10. The molecule has 0 saturated heterocycles. The molecule has 3 heteroatoms. The van der Waals surface area contributed by atoms with Gasteiger partial charge in [-0.05, 0) is 11.6 Å². The molecule has 1 aliphatic heterocycles. The van der Waals surface area contributed by atoms with Gasteiger partial charge in [0.25, 0.3) is 0 Å². The van der Waals surface area contributed by atoms with Crippen molar-refractivity contribution >= 4 is 5.91 Å². The van der Waals surface area contributed by atoms with Crippen LogP contribution in [0.2, 0.25) is 0 Å². The number of rotatable bonds is 3. The van der Waals surface area contributed by atoms with Gasteiger partial charge in [-0.3, -0.25) is 4.79 Å². The van der Waals surface area contributed by atoms with Crippen molar-refractivity contribution in [2.45, 2.75) is 12.8 Å². The maximum atomic E-state index is 10.8. The maximum absolute atomic E-state index is 10.8. The van der Waals surface area contributed by atoms with E-state index in [9.17, 15) is 4.79 Å². The maximum Gasteiger partial charge on any atom is 0.246 e. The minimum absolute atomic E-state index is 0.0944. The lowest BCUT2D eigenvalue weighted by Crippen LogP contribution is -2.28. The van der Waals surface area contributed by atoms with Crippen LogP contribution in [0.4, 0.5) is 0 Å². The summed E-state index contributed by atoms with van der Waals surface area (Å²) in [6, 6.07) is 9.85. The van der Waals surface area contributed by atoms with E-state index in [1.165, 1.54) is 6.08 Å². The topological polar surface area (TPSA) is 38.3 Å². The van der Waals surface area contributed by atoms with Gasteiger partial charge in [0.2, 0.25) is 5.91 Å². The summed E-state index contributed by atoms with van der Waals surface area (Å²) >= 11 is 0. The zero-order valence-corrected chi connectivity index (χ0v) is 7.64. The van der Waals surface area contributed by atoms with Crippen molar-refractivity contribution < 1.29 is 9.53 Å². The van der Waals surface area contributed by atoms with Crippen molar-refractivity contribution in [1.82, 2.24) is 5.32 Å². The summed E-state index contributed by atoms with van der Waals surface area (Å²) in [5.41, 5.74) is 1.10. The summed E-state index contributed by atoms with van der Waals surface area (Å²) in [6.07, 6.45) is 2.92. The first-order valence-corrected chi connectivity index (χ1v) is 4.49. The van der Waals surface area contributed by atoms with Crippen LogP contribution in [0.5, 0.6) is 0 Å². The van der Waals surface area contributed by atoms with Gasteiger partial charge in [-0.1, -0.05) is 30.3 Å². The molecule has 1 heterocycles. The molecular weight excluding hydrogens is 178 g/mol. The quantitative estimate of drug-likeness (QED) is 0.776. The number of benzene rings is 1. The van der Waals surface area contributed by atoms with Crippen molar-refractivity contribution in [3.63, 3.8) is 0 Å². The first-order chi connectivity index (χ1) is 6.84. The molecule has 1 unspecified atom stereocenters. The fourth-order valence-corrected chi connectivity index (χ4v) is 1.27. The van der Waals surface area contributed by atoms with E-state index in [2.05, 4.69) is 5.32 Å². The highest BCUT2D eigenvalue weighted by Gasteiger charge is 2.13. The number of hydrogen-bond acceptors (Lipinski definition) is 2. The molecule has 1 atom stereocenters. The third-order valence-electron chi connectivity index (χ3n) is 1.98. The van der Waals surface area contributed by atoms with Crippen LogP contribution in [-0.4, -0.2) is 12.1 Å². The van der Waals surface area contributed by atoms with E-state index in [1.54, 1.807) is 6.08 Å². The van der Waals surface area contributed by atoms with Gasteiger partial charge in [0.05, 0.1) is 6.61 Å². The first kappa shape index (κ1) is 8.97. The Kier molecular flexibility index (Phi) is 2.60. The number of carbonyl (C=O) groups is 1. The van der Waals surface area contributed by atoms with E-state index in [4.69, 9.17) is 4.74 Å². The predicted molar refractivity (Wildman–Crippen MR) is 52.3 cm³/mol. The Labute approximate surface area is 82.4 Å². The average Bonchev–Trinajstić information content (AvgIpc) is 2.63. The Bertz CT molecular complexity index is 346. The Morgan fingerprint density at radius 3 is 2.71 bits per heavy atom. The minimum atomic E-state index is -0.275. The van der Waals surface area contributed by atoms with Crippen LogP contribution in [0.25, 0.3) is 0 Å². The van der Waals surface area contributed by atoms with Crippen molar-refractivity contribution in [3.05, 3.63) is 48.0 Å². The van der Waals surface area contributed by atoms with Crippen LogP contribution in [0, 0.1) is 0 Å². The summed E-state index contributed by atoms with van der Waals surface area (Å²) < 4.78 is 5.44. The van der Waals surface area contributed by atoms with Crippen LogP contribution in [0.3, 0.4) is 0 Å². The van der Waals surface area contributed by atoms with E-state index in [0.29, 0.717) is 6.61 Å². The molecule has 0 bridgehead atoms. The molecule has 1 aromatic carbocycles. The van der Waals surface area contributed by atoms with E-state index < -0.39 is 0 Å². The van der Waals surface area contributed by atoms with Gasteiger partial charge in [-0.15, -0.1) is 0 Å². The van der Waals surface area contributed by atoms with Crippen molar-refractivity contribution in [2.75, 3.05) is 0 Å².